The molecule has 0 aromatic heterocycles. The van der Waals surface area contributed by atoms with Crippen molar-refractivity contribution in [2.24, 2.45) is 0 Å². The first-order valence-electron chi connectivity index (χ1n) is 3.94. The van der Waals surface area contributed by atoms with Crippen LogP contribution in [-0.4, -0.2) is 11.9 Å². The van der Waals surface area contributed by atoms with Gasteiger partial charge in [-0.05, 0) is 12.8 Å². The van der Waals surface area contributed by atoms with Gasteiger partial charge >= 0.3 is 34.1 Å². The monoisotopic (exact) mass is 300 g/mol. The van der Waals surface area contributed by atoms with E-state index >= 15 is 0 Å². The zero-order valence-electron chi connectivity index (χ0n) is 8.06. The molecule has 0 aliphatic rings. The Labute approximate surface area is 105 Å². The molecule has 4 nitrogen and oxygen atoms in total. The third kappa shape index (κ3) is 40.4. The largest absolute Gasteiger partial charge is 1.00 e. The molecular formula is C8H14Cu2O4. The fourth-order valence-corrected chi connectivity index (χ4v) is 0.408. The van der Waals surface area contributed by atoms with E-state index in [0.29, 0.717) is 12.8 Å². The van der Waals surface area contributed by atoms with E-state index < -0.39 is 11.9 Å². The van der Waals surface area contributed by atoms with E-state index in [2.05, 4.69) is 0 Å². The second-order valence-corrected chi connectivity index (χ2v) is 2.24. The van der Waals surface area contributed by atoms with Gasteiger partial charge in [0.25, 0.3) is 0 Å². The third-order valence-corrected chi connectivity index (χ3v) is 0.908. The molecule has 6 heteroatoms. The van der Waals surface area contributed by atoms with Crippen molar-refractivity contribution in [3.8, 4) is 0 Å². The van der Waals surface area contributed by atoms with Crippen molar-refractivity contribution in [2.45, 2.75) is 39.5 Å². The van der Waals surface area contributed by atoms with Gasteiger partial charge in [-0.2, -0.15) is 0 Å². The van der Waals surface area contributed by atoms with Gasteiger partial charge in [-0.15, -0.1) is 0 Å². The van der Waals surface area contributed by atoms with Crippen LogP contribution in [0.15, 0.2) is 0 Å². The number of rotatable bonds is 4. The van der Waals surface area contributed by atoms with Crippen LogP contribution in [0.1, 0.15) is 39.5 Å². The first kappa shape index (κ1) is 23.6. The van der Waals surface area contributed by atoms with Crippen molar-refractivity contribution < 1.29 is 53.9 Å². The summed E-state index contributed by atoms with van der Waals surface area (Å²) >= 11 is 0. The molecule has 0 saturated carbocycles. The van der Waals surface area contributed by atoms with Gasteiger partial charge in [-0.25, -0.2) is 0 Å². The van der Waals surface area contributed by atoms with Gasteiger partial charge in [-0.1, -0.05) is 26.7 Å². The number of carbonyl (C=O) groups is 2. The van der Waals surface area contributed by atoms with Gasteiger partial charge in [0.15, 0.2) is 0 Å². The van der Waals surface area contributed by atoms with Crippen LogP contribution >= 0.6 is 0 Å². The number of carboxylic acids is 2. The fourth-order valence-electron chi connectivity index (χ4n) is 0.408. The van der Waals surface area contributed by atoms with Crippen molar-refractivity contribution in [3.05, 3.63) is 0 Å². The molecule has 0 heterocycles. The molecular weight excluding hydrogens is 287 g/mol. The maximum Gasteiger partial charge on any atom is 1.00 e. The topological polar surface area (TPSA) is 80.3 Å². The summed E-state index contributed by atoms with van der Waals surface area (Å²) in [5, 5.41) is 19.0. The Bertz CT molecular complexity index is 123. The maximum atomic E-state index is 9.49. The Balaban J connectivity index is -0.0000000625. The van der Waals surface area contributed by atoms with Crippen LogP contribution in [0, 0.1) is 0 Å². The molecule has 0 aromatic rings. The number of hydrogen-bond acceptors (Lipinski definition) is 4. The Morgan fingerprint density at radius 1 is 0.857 bits per heavy atom. The molecule has 0 aliphatic heterocycles. The van der Waals surface area contributed by atoms with Gasteiger partial charge < -0.3 is 19.8 Å². The second kappa shape index (κ2) is 18.7. The Morgan fingerprint density at radius 2 is 1.07 bits per heavy atom. The van der Waals surface area contributed by atoms with E-state index in [1.807, 2.05) is 0 Å². The summed E-state index contributed by atoms with van der Waals surface area (Å²) < 4.78 is 0. The minimum Gasteiger partial charge on any atom is -0.550 e. The van der Waals surface area contributed by atoms with Gasteiger partial charge in [0.2, 0.25) is 0 Å². The zero-order valence-corrected chi connectivity index (χ0v) is 9.95. The predicted octanol–water partition coefficient (Wildman–Crippen LogP) is -0.932. The minimum absolute atomic E-state index is 0. The van der Waals surface area contributed by atoms with Crippen LogP contribution in [-0.2, 0) is 43.7 Å². The quantitative estimate of drug-likeness (QED) is 0.628. The Kier molecular flexibility index (Phi) is 31.6. The summed E-state index contributed by atoms with van der Waals surface area (Å²) in [5.74, 6) is -1.92. The molecule has 92 valence electrons. The van der Waals surface area contributed by atoms with E-state index in [9.17, 15) is 19.8 Å². The number of aliphatic carboxylic acids is 2. The van der Waals surface area contributed by atoms with Gasteiger partial charge in [-0.3, -0.25) is 0 Å². The molecule has 0 aliphatic carbocycles. The molecule has 0 unspecified atom stereocenters. The van der Waals surface area contributed by atoms with Crippen molar-refractivity contribution in [2.75, 3.05) is 0 Å². The van der Waals surface area contributed by atoms with Gasteiger partial charge in [0.1, 0.15) is 0 Å². The number of hydrogen-bond donors (Lipinski definition) is 0. The summed E-state index contributed by atoms with van der Waals surface area (Å²) in [4.78, 5) is 19.0. The zero-order chi connectivity index (χ0) is 9.98. The summed E-state index contributed by atoms with van der Waals surface area (Å²) in [6.07, 6.45) is 1.70. The predicted molar refractivity (Wildman–Crippen MR) is 39.8 cm³/mol. The van der Waals surface area contributed by atoms with Crippen LogP contribution in [0.4, 0.5) is 0 Å². The van der Waals surface area contributed by atoms with Crippen molar-refractivity contribution in [1.82, 2.24) is 0 Å². The SMILES string of the molecule is CCCC(=O)[O-].CCCC(=O)[O-].[Cu+].[Cu+]. The Hall–Kier alpha value is -0.0210. The summed E-state index contributed by atoms with van der Waals surface area (Å²) in [6, 6.07) is 0. The van der Waals surface area contributed by atoms with Gasteiger partial charge in [0, 0.05) is 11.9 Å². The van der Waals surface area contributed by atoms with Crippen LogP contribution < -0.4 is 10.2 Å². The molecule has 0 N–H and O–H groups in total. The van der Waals surface area contributed by atoms with Crippen molar-refractivity contribution >= 4 is 11.9 Å². The van der Waals surface area contributed by atoms with E-state index in [0.717, 1.165) is 0 Å². The minimum atomic E-state index is -0.961. The van der Waals surface area contributed by atoms with Gasteiger partial charge in [0.05, 0.1) is 0 Å². The molecule has 0 amide bonds. The first-order valence-corrected chi connectivity index (χ1v) is 3.94. The molecule has 0 fully saturated rings. The fraction of sp³-hybridized carbons (Fsp3) is 0.750. The molecule has 0 bridgehead atoms. The smallest absolute Gasteiger partial charge is 0.550 e. The molecule has 14 heavy (non-hydrogen) atoms. The summed E-state index contributed by atoms with van der Waals surface area (Å²) in [5.41, 5.74) is 0. The number of carboxylic acid groups (broad SMARTS) is 2. The molecule has 0 rings (SSSR count). The van der Waals surface area contributed by atoms with Crippen LogP contribution in [0.2, 0.25) is 0 Å². The molecule has 0 radical (unpaired) electrons. The van der Waals surface area contributed by atoms with Crippen molar-refractivity contribution in [3.63, 3.8) is 0 Å². The second-order valence-electron chi connectivity index (χ2n) is 2.24. The van der Waals surface area contributed by atoms with Crippen LogP contribution in [0.3, 0.4) is 0 Å². The molecule has 0 spiro atoms. The normalized spacial score (nSPS) is 7.00. The van der Waals surface area contributed by atoms with E-state index in [1.54, 1.807) is 13.8 Å². The average Bonchev–Trinajstić information content (AvgIpc) is 1.87. The molecule has 0 atom stereocenters. The van der Waals surface area contributed by atoms with Crippen molar-refractivity contribution in [1.29, 1.82) is 0 Å². The van der Waals surface area contributed by atoms with Crippen LogP contribution in [0.25, 0.3) is 0 Å². The van der Waals surface area contributed by atoms with E-state index in [4.69, 9.17) is 0 Å². The maximum absolute atomic E-state index is 9.49. The third-order valence-electron chi connectivity index (χ3n) is 0.908. The van der Waals surface area contributed by atoms with Crippen LogP contribution in [0.5, 0.6) is 0 Å². The Morgan fingerprint density at radius 3 is 1.07 bits per heavy atom. The molecule has 0 aromatic carbocycles. The van der Waals surface area contributed by atoms with E-state index in [1.165, 1.54) is 0 Å². The molecule has 0 saturated heterocycles. The standard InChI is InChI=1S/2C4H8O2.2Cu/c2*1-2-3-4(5)6;;/h2*2-3H2,1H3,(H,5,6);;/q;;2*+1/p-2. The summed E-state index contributed by atoms with van der Waals surface area (Å²) in [7, 11) is 0. The van der Waals surface area contributed by atoms with E-state index in [-0.39, 0.29) is 47.0 Å². The number of carbonyl (C=O) groups excluding carboxylic acids is 2. The summed E-state index contributed by atoms with van der Waals surface area (Å²) in [6.45, 7) is 3.60. The average molecular weight is 301 g/mol. The first-order chi connectivity index (χ1) is 5.54.